The predicted octanol–water partition coefficient (Wildman–Crippen LogP) is 1.80. The predicted molar refractivity (Wildman–Crippen MR) is 92.9 cm³/mol. The fraction of sp³-hybridized carbons (Fsp3) is 0.529. The van der Waals surface area contributed by atoms with E-state index in [1.54, 1.807) is 7.05 Å². The number of piperidine rings is 1. The van der Waals surface area contributed by atoms with Gasteiger partial charge in [-0.1, -0.05) is 6.42 Å². The molecule has 0 saturated carbocycles. The van der Waals surface area contributed by atoms with Gasteiger partial charge < -0.3 is 10.0 Å². The molecule has 1 fully saturated rings. The van der Waals surface area contributed by atoms with Crippen molar-refractivity contribution in [2.24, 2.45) is 0 Å². The number of carbonyl (C=O) groups is 2. The standard InChI is InChI=1S/C17H24N2O5S/c1-18(11-5-6-16(20)21)17(22)14-7-9-15(10-8-14)25(23,24)19-12-3-2-4-13-19/h7-10H,2-6,11-13H2,1H3,(H,20,21). The van der Waals surface area contributed by atoms with Gasteiger partial charge in [0.15, 0.2) is 0 Å². The highest BCUT2D eigenvalue weighted by Gasteiger charge is 2.26. The number of carbonyl (C=O) groups excluding carboxylic acids is 1. The van der Waals surface area contributed by atoms with Gasteiger partial charge in [0.2, 0.25) is 10.0 Å². The Hall–Kier alpha value is -1.93. The summed E-state index contributed by atoms with van der Waals surface area (Å²) in [7, 11) is -1.91. The van der Waals surface area contributed by atoms with Crippen LogP contribution in [-0.4, -0.2) is 61.3 Å². The highest BCUT2D eigenvalue weighted by Crippen LogP contribution is 2.21. The van der Waals surface area contributed by atoms with Gasteiger partial charge in [-0.15, -0.1) is 0 Å². The summed E-state index contributed by atoms with van der Waals surface area (Å²) in [5.41, 5.74) is 0.385. The number of aliphatic carboxylic acids is 1. The van der Waals surface area contributed by atoms with Crippen molar-refractivity contribution in [2.75, 3.05) is 26.7 Å². The fourth-order valence-corrected chi connectivity index (χ4v) is 4.33. The Bertz CT molecular complexity index is 709. The molecule has 1 saturated heterocycles. The van der Waals surface area contributed by atoms with Gasteiger partial charge in [-0.2, -0.15) is 4.31 Å². The molecule has 1 amide bonds. The molecule has 0 radical (unpaired) electrons. The average molecular weight is 368 g/mol. The van der Waals surface area contributed by atoms with Crippen LogP contribution < -0.4 is 0 Å². The van der Waals surface area contributed by atoms with Crippen LogP contribution in [-0.2, 0) is 14.8 Å². The smallest absolute Gasteiger partial charge is 0.303 e. The number of hydrogen-bond acceptors (Lipinski definition) is 4. The molecule has 0 aromatic heterocycles. The molecule has 7 nitrogen and oxygen atoms in total. The molecule has 2 rings (SSSR count). The molecule has 1 aliphatic heterocycles. The zero-order chi connectivity index (χ0) is 18.4. The summed E-state index contributed by atoms with van der Waals surface area (Å²) in [6, 6.07) is 5.93. The van der Waals surface area contributed by atoms with Crippen molar-refractivity contribution in [3.8, 4) is 0 Å². The monoisotopic (exact) mass is 368 g/mol. The van der Waals surface area contributed by atoms with Crippen LogP contribution in [0.2, 0.25) is 0 Å². The lowest BCUT2D eigenvalue weighted by Crippen LogP contribution is -2.35. The molecule has 1 aromatic carbocycles. The van der Waals surface area contributed by atoms with Gasteiger partial charge in [-0.25, -0.2) is 8.42 Å². The highest BCUT2D eigenvalue weighted by atomic mass is 32.2. The van der Waals surface area contributed by atoms with E-state index in [1.807, 2.05) is 0 Å². The number of amides is 1. The minimum Gasteiger partial charge on any atom is -0.481 e. The van der Waals surface area contributed by atoms with Crippen LogP contribution in [0.1, 0.15) is 42.5 Å². The number of hydrogen-bond donors (Lipinski definition) is 1. The summed E-state index contributed by atoms with van der Waals surface area (Å²) in [6.45, 7) is 1.41. The maximum absolute atomic E-state index is 12.6. The van der Waals surface area contributed by atoms with E-state index in [-0.39, 0.29) is 17.2 Å². The minimum absolute atomic E-state index is 0.00460. The van der Waals surface area contributed by atoms with Crippen molar-refractivity contribution in [2.45, 2.75) is 37.0 Å². The Morgan fingerprint density at radius 2 is 1.72 bits per heavy atom. The molecule has 1 N–H and O–H groups in total. The van der Waals surface area contributed by atoms with E-state index in [4.69, 9.17) is 5.11 Å². The van der Waals surface area contributed by atoms with Crippen molar-refractivity contribution in [1.82, 2.24) is 9.21 Å². The molecule has 25 heavy (non-hydrogen) atoms. The number of nitrogens with zero attached hydrogens (tertiary/aromatic N) is 2. The summed E-state index contributed by atoms with van der Waals surface area (Å²) in [6.07, 6.45) is 3.17. The zero-order valence-electron chi connectivity index (χ0n) is 14.3. The summed E-state index contributed by atoms with van der Waals surface area (Å²) in [4.78, 5) is 24.5. The van der Waals surface area contributed by atoms with E-state index in [0.29, 0.717) is 31.6 Å². The van der Waals surface area contributed by atoms with Crippen LogP contribution in [0.3, 0.4) is 0 Å². The summed E-state index contributed by atoms with van der Waals surface area (Å²) >= 11 is 0. The molecule has 1 aliphatic rings. The molecular weight excluding hydrogens is 344 g/mol. The lowest BCUT2D eigenvalue weighted by Gasteiger charge is -2.26. The van der Waals surface area contributed by atoms with Gasteiger partial charge in [0.1, 0.15) is 0 Å². The van der Waals surface area contributed by atoms with Crippen LogP contribution in [0.4, 0.5) is 0 Å². The average Bonchev–Trinajstić information content (AvgIpc) is 2.61. The van der Waals surface area contributed by atoms with Crippen molar-refractivity contribution < 1.29 is 23.1 Å². The largest absolute Gasteiger partial charge is 0.481 e. The minimum atomic E-state index is -3.51. The second kappa shape index (κ2) is 8.44. The van der Waals surface area contributed by atoms with Gasteiger partial charge in [0.25, 0.3) is 5.91 Å². The number of benzene rings is 1. The first kappa shape index (κ1) is 19.4. The Morgan fingerprint density at radius 1 is 1.12 bits per heavy atom. The first-order valence-corrected chi connectivity index (χ1v) is 9.84. The normalized spacial score (nSPS) is 15.7. The van der Waals surface area contributed by atoms with Gasteiger partial charge >= 0.3 is 5.97 Å². The molecule has 0 unspecified atom stereocenters. The maximum Gasteiger partial charge on any atom is 0.303 e. The van der Waals surface area contributed by atoms with E-state index in [0.717, 1.165) is 19.3 Å². The second-order valence-electron chi connectivity index (χ2n) is 6.21. The van der Waals surface area contributed by atoms with Crippen molar-refractivity contribution in [1.29, 1.82) is 0 Å². The second-order valence-corrected chi connectivity index (χ2v) is 8.15. The van der Waals surface area contributed by atoms with Crippen LogP contribution in [0.25, 0.3) is 0 Å². The van der Waals surface area contributed by atoms with Crippen molar-refractivity contribution >= 4 is 21.9 Å². The first-order valence-electron chi connectivity index (χ1n) is 8.40. The van der Waals surface area contributed by atoms with E-state index in [1.165, 1.54) is 33.5 Å². The Labute approximate surface area is 148 Å². The molecule has 138 valence electrons. The van der Waals surface area contributed by atoms with Gasteiger partial charge in [-0.3, -0.25) is 9.59 Å². The number of rotatable bonds is 7. The lowest BCUT2D eigenvalue weighted by molar-refractivity contribution is -0.137. The molecule has 1 heterocycles. The lowest BCUT2D eigenvalue weighted by atomic mass is 10.2. The Balaban J connectivity index is 2.03. The third-order valence-corrected chi connectivity index (χ3v) is 6.20. The van der Waals surface area contributed by atoms with Crippen LogP contribution >= 0.6 is 0 Å². The molecular formula is C17H24N2O5S. The van der Waals surface area contributed by atoms with E-state index < -0.39 is 16.0 Å². The summed E-state index contributed by atoms with van der Waals surface area (Å²) in [5, 5.41) is 8.63. The molecule has 0 spiro atoms. The first-order chi connectivity index (χ1) is 11.8. The Morgan fingerprint density at radius 3 is 2.28 bits per heavy atom. The molecule has 0 atom stereocenters. The van der Waals surface area contributed by atoms with E-state index in [2.05, 4.69) is 0 Å². The Kier molecular flexibility index (Phi) is 6.55. The third kappa shape index (κ3) is 5.02. The van der Waals surface area contributed by atoms with Gasteiger partial charge in [0, 0.05) is 38.7 Å². The van der Waals surface area contributed by atoms with E-state index in [9.17, 15) is 18.0 Å². The zero-order valence-corrected chi connectivity index (χ0v) is 15.2. The molecule has 0 bridgehead atoms. The van der Waals surface area contributed by atoms with Crippen LogP contribution in [0, 0.1) is 0 Å². The van der Waals surface area contributed by atoms with Gasteiger partial charge in [-0.05, 0) is 43.5 Å². The van der Waals surface area contributed by atoms with E-state index >= 15 is 0 Å². The molecule has 1 aromatic rings. The third-order valence-electron chi connectivity index (χ3n) is 4.28. The fourth-order valence-electron chi connectivity index (χ4n) is 2.81. The van der Waals surface area contributed by atoms with Crippen molar-refractivity contribution in [3.05, 3.63) is 29.8 Å². The molecule has 8 heteroatoms. The quantitative estimate of drug-likeness (QED) is 0.792. The topological polar surface area (TPSA) is 95.0 Å². The highest BCUT2D eigenvalue weighted by molar-refractivity contribution is 7.89. The maximum atomic E-state index is 12.6. The molecule has 0 aliphatic carbocycles. The summed E-state index contributed by atoms with van der Waals surface area (Å²) < 4.78 is 26.7. The van der Waals surface area contributed by atoms with Crippen LogP contribution in [0.5, 0.6) is 0 Å². The van der Waals surface area contributed by atoms with Crippen LogP contribution in [0.15, 0.2) is 29.2 Å². The number of sulfonamides is 1. The SMILES string of the molecule is CN(CCCC(=O)O)C(=O)c1ccc(S(=O)(=O)N2CCCCC2)cc1. The number of carboxylic acids is 1. The summed E-state index contributed by atoms with van der Waals surface area (Å²) in [5.74, 6) is -1.15. The number of carboxylic acid groups (broad SMARTS) is 1. The van der Waals surface area contributed by atoms with Gasteiger partial charge in [0.05, 0.1) is 4.90 Å². The van der Waals surface area contributed by atoms with Crippen molar-refractivity contribution in [3.63, 3.8) is 0 Å².